The van der Waals surface area contributed by atoms with E-state index in [0.717, 1.165) is 18.2 Å². The van der Waals surface area contributed by atoms with Crippen molar-refractivity contribution in [2.75, 3.05) is 6.61 Å². The van der Waals surface area contributed by atoms with Crippen LogP contribution in [0, 0.1) is 0 Å². The van der Waals surface area contributed by atoms with E-state index in [4.69, 9.17) is 13.9 Å². The highest BCUT2D eigenvalue weighted by atomic mass is 16.7. The summed E-state index contributed by atoms with van der Waals surface area (Å²) >= 11 is 0. The van der Waals surface area contributed by atoms with Crippen LogP contribution in [0.25, 0.3) is 22.3 Å². The Hall–Kier alpha value is -3.35. The van der Waals surface area contributed by atoms with E-state index in [1.165, 1.54) is 18.2 Å². The lowest BCUT2D eigenvalue weighted by Gasteiger charge is -2.39. The highest BCUT2D eigenvalue weighted by Crippen LogP contribution is 2.35. The minimum absolute atomic E-state index is 0.0298. The van der Waals surface area contributed by atoms with Crippen molar-refractivity contribution in [1.82, 2.24) is 0 Å². The van der Waals surface area contributed by atoms with Gasteiger partial charge in [-0.25, -0.2) is 0 Å². The Morgan fingerprint density at radius 2 is 1.66 bits per heavy atom. The maximum absolute atomic E-state index is 12.9. The summed E-state index contributed by atoms with van der Waals surface area (Å²) in [7, 11) is 0. The van der Waals surface area contributed by atoms with E-state index in [1.54, 1.807) is 0 Å². The molecule has 0 radical (unpaired) electrons. The number of aliphatic hydroxyl groups is 4. The standard InChI is InChI=1S/C21H20O11/c22-7-16-18(27)19(28)20(29)21(32-16)31-15-5-9(23)4-14-17(15)12(26)6-13(30-14)8-1-2-10(24)11(25)3-8/h1-6,16,18-25,27-29H,7H2/t16-,18+,19+,20-,21-/m1/s1. The molecule has 1 aliphatic rings. The van der Waals surface area contributed by atoms with E-state index in [1.807, 2.05) is 0 Å². The fourth-order valence-corrected chi connectivity index (χ4v) is 3.44. The first-order valence-corrected chi connectivity index (χ1v) is 9.50. The molecular formula is C21H20O11. The normalized spacial score (nSPS) is 25.7. The van der Waals surface area contributed by atoms with Crippen molar-refractivity contribution < 1.29 is 49.6 Å². The third-order valence-corrected chi connectivity index (χ3v) is 5.13. The minimum Gasteiger partial charge on any atom is -0.508 e. The van der Waals surface area contributed by atoms with Crippen molar-refractivity contribution in [1.29, 1.82) is 0 Å². The Morgan fingerprint density at radius 1 is 0.906 bits per heavy atom. The number of aromatic hydroxyl groups is 3. The van der Waals surface area contributed by atoms with Gasteiger partial charge < -0.3 is 49.6 Å². The van der Waals surface area contributed by atoms with Gasteiger partial charge in [-0.3, -0.25) is 4.79 Å². The third-order valence-electron chi connectivity index (χ3n) is 5.13. The second kappa shape index (κ2) is 8.30. The topological polar surface area (TPSA) is 190 Å². The minimum atomic E-state index is -1.73. The predicted octanol–water partition coefficient (Wildman–Crippen LogP) is -0.245. The van der Waals surface area contributed by atoms with Gasteiger partial charge in [0.05, 0.1) is 6.61 Å². The number of phenols is 3. The highest BCUT2D eigenvalue weighted by molar-refractivity contribution is 5.86. The number of hydrogen-bond donors (Lipinski definition) is 7. The van der Waals surface area contributed by atoms with Crippen LogP contribution in [0.2, 0.25) is 0 Å². The summed E-state index contributed by atoms with van der Waals surface area (Å²) in [6, 6.07) is 7.14. The van der Waals surface area contributed by atoms with Crippen LogP contribution in [0.1, 0.15) is 0 Å². The van der Waals surface area contributed by atoms with Crippen LogP contribution >= 0.6 is 0 Å². The second-order valence-electron chi connectivity index (χ2n) is 7.31. The van der Waals surface area contributed by atoms with E-state index < -0.39 is 48.5 Å². The van der Waals surface area contributed by atoms with Crippen LogP contribution in [0.5, 0.6) is 23.0 Å². The number of rotatable bonds is 4. The summed E-state index contributed by atoms with van der Waals surface area (Å²) in [4.78, 5) is 12.9. The molecule has 0 aliphatic carbocycles. The Kier molecular flexibility index (Phi) is 5.67. The molecule has 11 nitrogen and oxygen atoms in total. The lowest BCUT2D eigenvalue weighted by molar-refractivity contribution is -0.277. The van der Waals surface area contributed by atoms with Crippen molar-refractivity contribution in [2.45, 2.75) is 30.7 Å². The number of benzene rings is 2. The zero-order valence-corrected chi connectivity index (χ0v) is 16.3. The van der Waals surface area contributed by atoms with E-state index in [0.29, 0.717) is 0 Å². The average Bonchev–Trinajstić information content (AvgIpc) is 2.75. The van der Waals surface area contributed by atoms with Crippen LogP contribution in [0.15, 0.2) is 45.6 Å². The zero-order valence-electron chi connectivity index (χ0n) is 16.3. The summed E-state index contributed by atoms with van der Waals surface area (Å²) in [5.74, 6) is -1.34. The molecule has 7 N–H and O–H groups in total. The van der Waals surface area contributed by atoms with Gasteiger partial charge in [0.15, 0.2) is 16.9 Å². The molecule has 32 heavy (non-hydrogen) atoms. The summed E-state index contributed by atoms with van der Waals surface area (Å²) in [6.45, 7) is -0.670. The number of aliphatic hydroxyl groups excluding tert-OH is 4. The maximum Gasteiger partial charge on any atom is 0.229 e. The van der Waals surface area contributed by atoms with Gasteiger partial charge in [0.1, 0.15) is 52.6 Å². The molecule has 170 valence electrons. The van der Waals surface area contributed by atoms with Crippen LogP contribution in [-0.2, 0) is 4.74 Å². The van der Waals surface area contributed by atoms with E-state index >= 15 is 0 Å². The van der Waals surface area contributed by atoms with Gasteiger partial charge in [-0.05, 0) is 18.2 Å². The molecule has 2 heterocycles. The molecule has 3 aromatic rings. The highest BCUT2D eigenvalue weighted by Gasteiger charge is 2.45. The Bertz CT molecular complexity index is 1200. The van der Waals surface area contributed by atoms with Gasteiger partial charge in [0.25, 0.3) is 0 Å². The van der Waals surface area contributed by atoms with Crippen LogP contribution in [0.4, 0.5) is 0 Å². The first kappa shape index (κ1) is 21.9. The van der Waals surface area contributed by atoms with Gasteiger partial charge >= 0.3 is 0 Å². The fourth-order valence-electron chi connectivity index (χ4n) is 3.44. The molecule has 0 unspecified atom stereocenters. The molecule has 0 saturated carbocycles. The molecular weight excluding hydrogens is 428 g/mol. The summed E-state index contributed by atoms with van der Waals surface area (Å²) in [5, 5.41) is 68.4. The molecule has 11 heteroatoms. The van der Waals surface area contributed by atoms with Crippen molar-refractivity contribution in [2.24, 2.45) is 0 Å². The predicted molar refractivity (Wildman–Crippen MR) is 107 cm³/mol. The fraction of sp³-hybridized carbons (Fsp3) is 0.286. The van der Waals surface area contributed by atoms with Gasteiger partial charge in [-0.2, -0.15) is 0 Å². The molecule has 4 rings (SSSR count). The summed E-state index contributed by atoms with van der Waals surface area (Å²) in [6.07, 6.45) is -7.82. The van der Waals surface area contributed by atoms with Gasteiger partial charge in [0, 0.05) is 23.8 Å². The van der Waals surface area contributed by atoms with Crippen LogP contribution in [0.3, 0.4) is 0 Å². The smallest absolute Gasteiger partial charge is 0.229 e. The summed E-state index contributed by atoms with van der Waals surface area (Å²) < 4.78 is 16.5. The first-order chi connectivity index (χ1) is 15.2. The van der Waals surface area contributed by atoms with Crippen molar-refractivity contribution in [3.05, 3.63) is 46.6 Å². The molecule has 0 spiro atoms. The first-order valence-electron chi connectivity index (χ1n) is 9.50. The molecule has 5 atom stereocenters. The van der Waals surface area contributed by atoms with E-state index in [-0.39, 0.29) is 39.5 Å². The van der Waals surface area contributed by atoms with Gasteiger partial charge in [-0.1, -0.05) is 0 Å². The van der Waals surface area contributed by atoms with Crippen molar-refractivity contribution >= 4 is 11.0 Å². The largest absolute Gasteiger partial charge is 0.508 e. The number of hydrogen-bond acceptors (Lipinski definition) is 11. The van der Waals surface area contributed by atoms with Crippen LogP contribution in [-0.4, -0.2) is 73.1 Å². The third kappa shape index (κ3) is 3.83. The number of fused-ring (bicyclic) bond motifs is 1. The number of phenolic OH excluding ortho intramolecular Hbond substituents is 3. The lowest BCUT2D eigenvalue weighted by atomic mass is 9.99. The molecule has 0 amide bonds. The maximum atomic E-state index is 12.9. The molecule has 1 fully saturated rings. The van der Waals surface area contributed by atoms with Gasteiger partial charge in [-0.15, -0.1) is 0 Å². The molecule has 1 saturated heterocycles. The lowest BCUT2D eigenvalue weighted by Crippen LogP contribution is -2.60. The molecule has 1 aromatic heterocycles. The van der Waals surface area contributed by atoms with E-state index in [2.05, 4.69) is 0 Å². The quantitative estimate of drug-likeness (QED) is 0.261. The molecule has 1 aliphatic heterocycles. The Balaban J connectivity index is 1.76. The van der Waals surface area contributed by atoms with Crippen molar-refractivity contribution in [3.63, 3.8) is 0 Å². The average molecular weight is 448 g/mol. The monoisotopic (exact) mass is 448 g/mol. The Morgan fingerprint density at radius 3 is 2.34 bits per heavy atom. The van der Waals surface area contributed by atoms with E-state index in [9.17, 15) is 40.5 Å². The van der Waals surface area contributed by atoms with Crippen LogP contribution < -0.4 is 10.2 Å². The molecule has 0 bridgehead atoms. The number of ether oxygens (including phenoxy) is 2. The zero-order chi connectivity index (χ0) is 23.2. The Labute approximate surface area is 179 Å². The molecule has 2 aromatic carbocycles. The SMILES string of the molecule is O=c1cc(-c2ccc(O)c(O)c2)oc2cc(O)cc(O[C@@H]3O[C@H](CO)[C@H](O)[C@H](O)[C@H]3O)c12. The summed E-state index contributed by atoms with van der Waals surface area (Å²) in [5.41, 5.74) is -0.424. The second-order valence-corrected chi connectivity index (χ2v) is 7.31. The van der Waals surface area contributed by atoms with Crippen molar-refractivity contribution in [3.8, 4) is 34.3 Å². The van der Waals surface area contributed by atoms with Gasteiger partial charge in [0.2, 0.25) is 6.29 Å².